The van der Waals surface area contributed by atoms with Crippen molar-refractivity contribution in [2.45, 2.75) is 13.5 Å². The number of carbonyl (C=O) groups excluding carboxylic acids is 2. The van der Waals surface area contributed by atoms with Crippen LogP contribution in [-0.4, -0.2) is 33.7 Å². The molecule has 0 saturated carbocycles. The fourth-order valence-corrected chi connectivity index (χ4v) is 3.17. The normalized spacial score (nSPS) is 10.6. The zero-order valence-electron chi connectivity index (χ0n) is 13.7. The van der Waals surface area contributed by atoms with E-state index in [0.717, 1.165) is 0 Å². The van der Waals surface area contributed by atoms with Gasteiger partial charge in [-0.15, -0.1) is 11.3 Å². The number of aromatic nitrogens is 2. The fraction of sp³-hybridized carbons (Fsp3) is 0.176. The molecule has 8 heteroatoms. The van der Waals surface area contributed by atoms with Crippen LogP contribution in [0.15, 0.2) is 40.5 Å². The quantitative estimate of drug-likeness (QED) is 0.749. The summed E-state index contributed by atoms with van der Waals surface area (Å²) in [6.45, 7) is 1.58. The minimum atomic E-state index is -0.236. The Morgan fingerprint density at radius 1 is 1.32 bits per heavy atom. The highest BCUT2D eigenvalue weighted by molar-refractivity contribution is 7.17. The van der Waals surface area contributed by atoms with Gasteiger partial charge in [-0.1, -0.05) is 6.07 Å². The summed E-state index contributed by atoms with van der Waals surface area (Å²) in [5.41, 5.74) is 1.41. The maximum Gasteiger partial charge on any atom is 0.268 e. The molecule has 2 amide bonds. The first-order valence-electron chi connectivity index (χ1n) is 7.53. The van der Waals surface area contributed by atoms with Crippen LogP contribution in [0, 0.1) is 0 Å². The molecule has 2 N–H and O–H groups in total. The molecule has 0 aliphatic rings. The van der Waals surface area contributed by atoms with Gasteiger partial charge in [0.2, 0.25) is 5.91 Å². The van der Waals surface area contributed by atoms with Crippen LogP contribution in [0.2, 0.25) is 0 Å². The van der Waals surface area contributed by atoms with Crippen molar-refractivity contribution in [2.24, 2.45) is 0 Å². The molecule has 0 spiro atoms. The average Bonchev–Trinajstić information content (AvgIpc) is 3.02. The van der Waals surface area contributed by atoms with Gasteiger partial charge in [-0.25, -0.2) is 4.98 Å². The summed E-state index contributed by atoms with van der Waals surface area (Å²) in [5, 5.41) is 4.45. The molecule has 0 aliphatic heterocycles. The van der Waals surface area contributed by atoms with Crippen LogP contribution < -0.4 is 10.9 Å². The van der Waals surface area contributed by atoms with Crippen molar-refractivity contribution in [1.29, 1.82) is 0 Å². The van der Waals surface area contributed by atoms with Crippen molar-refractivity contribution in [3.63, 3.8) is 0 Å². The lowest BCUT2D eigenvalue weighted by Gasteiger charge is -2.17. The Balaban J connectivity index is 1.80. The van der Waals surface area contributed by atoms with Crippen LogP contribution in [0.4, 0.5) is 5.69 Å². The van der Waals surface area contributed by atoms with Gasteiger partial charge in [0, 0.05) is 25.2 Å². The van der Waals surface area contributed by atoms with Gasteiger partial charge in [0.15, 0.2) is 0 Å². The van der Waals surface area contributed by atoms with E-state index in [1.165, 1.54) is 23.2 Å². The molecular formula is C17H16N4O3S. The number of amides is 2. The standard InChI is InChI=1S/C17H16N4O3S/c1-10(22)18-12-5-3-4-11(8-12)17(24)21(2)9-14-19-13-6-7-25-15(13)16(23)20-14/h3-8H,9H2,1-2H3,(H,18,22)(H,19,20,23). The summed E-state index contributed by atoms with van der Waals surface area (Å²) >= 11 is 1.33. The summed E-state index contributed by atoms with van der Waals surface area (Å²) in [4.78, 5) is 44.3. The lowest BCUT2D eigenvalue weighted by Crippen LogP contribution is -2.28. The zero-order valence-corrected chi connectivity index (χ0v) is 14.5. The van der Waals surface area contributed by atoms with Crippen molar-refractivity contribution in [2.75, 3.05) is 12.4 Å². The monoisotopic (exact) mass is 356 g/mol. The molecule has 25 heavy (non-hydrogen) atoms. The van der Waals surface area contributed by atoms with Crippen LogP contribution in [0.3, 0.4) is 0 Å². The number of nitrogens with one attached hydrogen (secondary N) is 2. The molecule has 3 rings (SSSR count). The molecule has 2 heterocycles. The van der Waals surface area contributed by atoms with E-state index in [2.05, 4.69) is 15.3 Å². The van der Waals surface area contributed by atoms with E-state index in [9.17, 15) is 14.4 Å². The lowest BCUT2D eigenvalue weighted by molar-refractivity contribution is -0.114. The molecule has 0 atom stereocenters. The Bertz CT molecular complexity index is 1010. The summed E-state index contributed by atoms with van der Waals surface area (Å²) in [6.07, 6.45) is 0. The Morgan fingerprint density at radius 3 is 2.88 bits per heavy atom. The zero-order chi connectivity index (χ0) is 18.0. The average molecular weight is 356 g/mol. The third-order valence-electron chi connectivity index (χ3n) is 3.53. The number of hydrogen-bond donors (Lipinski definition) is 2. The van der Waals surface area contributed by atoms with Crippen molar-refractivity contribution in [1.82, 2.24) is 14.9 Å². The predicted octanol–water partition coefficient (Wildman–Crippen LogP) is 2.22. The van der Waals surface area contributed by atoms with Crippen LogP contribution in [0.25, 0.3) is 10.2 Å². The highest BCUT2D eigenvalue weighted by atomic mass is 32.1. The second kappa shape index (κ2) is 6.86. The molecule has 0 radical (unpaired) electrons. The smallest absolute Gasteiger partial charge is 0.268 e. The van der Waals surface area contributed by atoms with E-state index < -0.39 is 0 Å². The predicted molar refractivity (Wildman–Crippen MR) is 96.8 cm³/mol. The molecule has 2 aromatic heterocycles. The van der Waals surface area contributed by atoms with E-state index in [-0.39, 0.29) is 23.9 Å². The SMILES string of the molecule is CC(=O)Nc1cccc(C(=O)N(C)Cc2nc3ccsc3c(=O)[nH]2)c1. The number of thiophene rings is 1. The Morgan fingerprint density at radius 2 is 2.12 bits per heavy atom. The maximum absolute atomic E-state index is 12.6. The summed E-state index contributed by atoms with van der Waals surface area (Å²) in [7, 11) is 1.63. The minimum Gasteiger partial charge on any atom is -0.334 e. The van der Waals surface area contributed by atoms with E-state index >= 15 is 0 Å². The third-order valence-corrected chi connectivity index (χ3v) is 4.43. The molecule has 3 aromatic rings. The molecule has 0 fully saturated rings. The van der Waals surface area contributed by atoms with Crippen molar-refractivity contribution < 1.29 is 9.59 Å². The van der Waals surface area contributed by atoms with E-state index in [0.29, 0.717) is 27.3 Å². The van der Waals surface area contributed by atoms with Gasteiger partial charge in [-0.05, 0) is 29.6 Å². The van der Waals surface area contributed by atoms with E-state index in [1.807, 2.05) is 0 Å². The van der Waals surface area contributed by atoms with Crippen LogP contribution in [0.5, 0.6) is 0 Å². The number of aromatic amines is 1. The fourth-order valence-electron chi connectivity index (χ4n) is 2.45. The van der Waals surface area contributed by atoms with E-state index in [1.54, 1.807) is 42.8 Å². The van der Waals surface area contributed by atoms with Crippen LogP contribution >= 0.6 is 11.3 Å². The molecule has 7 nitrogen and oxygen atoms in total. The van der Waals surface area contributed by atoms with E-state index in [4.69, 9.17) is 0 Å². The molecule has 0 saturated heterocycles. The van der Waals surface area contributed by atoms with Crippen molar-refractivity contribution in [3.05, 3.63) is 57.5 Å². The van der Waals surface area contributed by atoms with Gasteiger partial charge >= 0.3 is 0 Å². The Hall–Kier alpha value is -3.00. The second-order valence-electron chi connectivity index (χ2n) is 5.57. The molecule has 0 aliphatic carbocycles. The van der Waals surface area contributed by atoms with Crippen LogP contribution in [0.1, 0.15) is 23.1 Å². The highest BCUT2D eigenvalue weighted by Crippen LogP contribution is 2.15. The molecule has 128 valence electrons. The summed E-state index contributed by atoms with van der Waals surface area (Å²) < 4.78 is 0.570. The number of carbonyl (C=O) groups is 2. The Labute approximate surface area is 147 Å². The molecule has 0 bridgehead atoms. The van der Waals surface area contributed by atoms with Gasteiger partial charge in [0.05, 0.1) is 12.1 Å². The maximum atomic E-state index is 12.6. The minimum absolute atomic E-state index is 0.171. The number of anilines is 1. The van der Waals surface area contributed by atoms with Gasteiger partial charge in [-0.2, -0.15) is 0 Å². The summed E-state index contributed by atoms with van der Waals surface area (Å²) in [5.74, 6) is -0.0196. The molecule has 0 unspecified atom stereocenters. The molecule has 1 aromatic carbocycles. The van der Waals surface area contributed by atoms with Gasteiger partial charge in [-0.3, -0.25) is 14.4 Å². The lowest BCUT2D eigenvalue weighted by atomic mass is 10.1. The highest BCUT2D eigenvalue weighted by Gasteiger charge is 2.15. The number of fused-ring (bicyclic) bond motifs is 1. The Kier molecular flexibility index (Phi) is 4.62. The van der Waals surface area contributed by atoms with Gasteiger partial charge in [0.1, 0.15) is 10.5 Å². The van der Waals surface area contributed by atoms with Gasteiger partial charge in [0.25, 0.3) is 11.5 Å². The third kappa shape index (κ3) is 3.74. The number of hydrogen-bond acceptors (Lipinski definition) is 5. The van der Waals surface area contributed by atoms with Gasteiger partial charge < -0.3 is 15.2 Å². The summed E-state index contributed by atoms with van der Waals surface area (Å²) in [6, 6.07) is 8.46. The second-order valence-corrected chi connectivity index (χ2v) is 6.49. The topological polar surface area (TPSA) is 95.2 Å². The van der Waals surface area contributed by atoms with Crippen molar-refractivity contribution in [3.8, 4) is 0 Å². The van der Waals surface area contributed by atoms with Crippen LogP contribution in [-0.2, 0) is 11.3 Å². The number of H-pyrrole nitrogens is 1. The first-order valence-corrected chi connectivity index (χ1v) is 8.41. The number of benzene rings is 1. The molecular weight excluding hydrogens is 340 g/mol. The largest absolute Gasteiger partial charge is 0.334 e. The number of rotatable bonds is 4. The first-order chi connectivity index (χ1) is 11.9. The number of nitrogens with zero attached hydrogens (tertiary/aromatic N) is 2. The van der Waals surface area contributed by atoms with Crippen molar-refractivity contribution >= 4 is 39.1 Å². The first kappa shape index (κ1) is 16.8.